The fourth-order valence-corrected chi connectivity index (χ4v) is 1.92. The number of hydrogen-bond acceptors (Lipinski definition) is 3. The van der Waals surface area contributed by atoms with E-state index in [1.807, 2.05) is 12.1 Å². The number of hydrogen-bond donors (Lipinski definition) is 0. The van der Waals surface area contributed by atoms with Gasteiger partial charge in [0, 0.05) is 4.91 Å². The number of rotatable bonds is 8. The summed E-state index contributed by atoms with van der Waals surface area (Å²) in [7, 11) is 0. The fourth-order valence-electron chi connectivity index (χ4n) is 1.92. The van der Waals surface area contributed by atoms with E-state index < -0.39 is 0 Å². The Morgan fingerprint density at radius 3 is 2.81 bits per heavy atom. The van der Waals surface area contributed by atoms with Crippen LogP contribution in [0.25, 0.3) is 16.0 Å². The molecule has 0 unspecified atom stereocenters. The highest BCUT2D eigenvalue weighted by atomic mass is 16.5. The maximum atomic E-state index is 11.8. The Kier molecular flexibility index (Phi) is 7.69. The Bertz CT molecular complexity index is 546. The highest BCUT2D eigenvalue weighted by molar-refractivity contribution is 5.90. The van der Waals surface area contributed by atoms with E-state index in [4.69, 9.17) is 10.3 Å². The van der Waals surface area contributed by atoms with Gasteiger partial charge in [0.1, 0.15) is 0 Å². The minimum absolute atomic E-state index is 0.284. The molecule has 1 rings (SSSR count). The highest BCUT2D eigenvalue weighted by Gasteiger charge is 2.08. The molecule has 0 aliphatic heterocycles. The van der Waals surface area contributed by atoms with Crippen LogP contribution in [0.3, 0.4) is 0 Å². The maximum absolute atomic E-state index is 11.8. The quantitative estimate of drug-likeness (QED) is 0.227. The van der Waals surface area contributed by atoms with Crippen molar-refractivity contribution in [2.24, 2.45) is 5.11 Å². The smallest absolute Gasteiger partial charge is 0.338 e. The van der Waals surface area contributed by atoms with Crippen molar-refractivity contribution in [3.05, 3.63) is 51.9 Å². The normalized spacial score (nSPS) is 10.9. The predicted octanol–water partition coefficient (Wildman–Crippen LogP) is 4.75. The topological polar surface area (TPSA) is 75.1 Å². The second kappa shape index (κ2) is 9.61. The molecular weight excluding hydrogens is 266 g/mol. The van der Waals surface area contributed by atoms with Crippen LogP contribution in [0.2, 0.25) is 0 Å². The molecule has 0 saturated heterocycles. The maximum Gasteiger partial charge on any atom is 0.338 e. The molecule has 5 nitrogen and oxygen atoms in total. The zero-order valence-corrected chi connectivity index (χ0v) is 12.6. The van der Waals surface area contributed by atoms with Gasteiger partial charge in [-0.15, -0.1) is 0 Å². The summed E-state index contributed by atoms with van der Waals surface area (Å²) in [4.78, 5) is 14.6. The first-order chi connectivity index (χ1) is 10.2. The first-order valence-electron chi connectivity index (χ1n) is 7.20. The van der Waals surface area contributed by atoms with Crippen LogP contribution in [-0.4, -0.2) is 19.1 Å². The van der Waals surface area contributed by atoms with E-state index in [0.717, 1.165) is 30.4 Å². The molecule has 0 saturated carbocycles. The summed E-state index contributed by atoms with van der Waals surface area (Å²) in [5.74, 6) is -0.337. The third-order valence-electron chi connectivity index (χ3n) is 3.00. The lowest BCUT2D eigenvalue weighted by molar-refractivity contribution is 0.0526. The van der Waals surface area contributed by atoms with Crippen molar-refractivity contribution in [3.63, 3.8) is 0 Å². The SMILES string of the molecule is CCCC/C=C(\CN=[N+]=[N-])c1cccc(C(=O)OCC)c1. The molecule has 0 N–H and O–H groups in total. The molecular formula is C16H21N3O2. The van der Waals surface area contributed by atoms with Crippen LogP contribution >= 0.6 is 0 Å². The number of ether oxygens (including phenoxy) is 1. The number of benzene rings is 1. The summed E-state index contributed by atoms with van der Waals surface area (Å²) in [6, 6.07) is 7.22. The first kappa shape index (κ1) is 16.8. The van der Waals surface area contributed by atoms with E-state index in [1.54, 1.807) is 19.1 Å². The highest BCUT2D eigenvalue weighted by Crippen LogP contribution is 2.19. The second-order valence-electron chi connectivity index (χ2n) is 4.56. The number of azide groups is 1. The average Bonchev–Trinajstić information content (AvgIpc) is 2.51. The number of nitrogens with zero attached hydrogens (tertiary/aromatic N) is 3. The third kappa shape index (κ3) is 5.71. The minimum Gasteiger partial charge on any atom is -0.462 e. The van der Waals surface area contributed by atoms with Crippen LogP contribution < -0.4 is 0 Å². The molecule has 21 heavy (non-hydrogen) atoms. The molecule has 0 aliphatic rings. The summed E-state index contributed by atoms with van der Waals surface area (Å²) in [5, 5.41) is 3.63. The van der Waals surface area contributed by atoms with Crippen LogP contribution in [0.1, 0.15) is 49.0 Å². The van der Waals surface area contributed by atoms with Crippen LogP contribution in [0, 0.1) is 0 Å². The Labute approximate surface area is 125 Å². The van der Waals surface area contributed by atoms with E-state index in [9.17, 15) is 4.79 Å². The number of carbonyl (C=O) groups is 1. The Morgan fingerprint density at radius 1 is 1.38 bits per heavy atom. The number of unbranched alkanes of at least 4 members (excludes halogenated alkanes) is 2. The van der Waals surface area contributed by atoms with Gasteiger partial charge in [0.2, 0.25) is 0 Å². The molecule has 1 aromatic carbocycles. The van der Waals surface area contributed by atoms with Gasteiger partial charge in [-0.05, 0) is 42.1 Å². The van der Waals surface area contributed by atoms with Crippen molar-refractivity contribution in [1.82, 2.24) is 0 Å². The molecule has 0 fully saturated rings. The van der Waals surface area contributed by atoms with E-state index in [1.165, 1.54) is 0 Å². The third-order valence-corrected chi connectivity index (χ3v) is 3.00. The van der Waals surface area contributed by atoms with Crippen molar-refractivity contribution in [2.75, 3.05) is 13.2 Å². The summed E-state index contributed by atoms with van der Waals surface area (Å²) < 4.78 is 5.00. The van der Waals surface area contributed by atoms with Gasteiger partial charge in [0.15, 0.2) is 0 Å². The summed E-state index contributed by atoms with van der Waals surface area (Å²) in [5.41, 5.74) is 10.8. The molecule has 112 valence electrons. The van der Waals surface area contributed by atoms with Gasteiger partial charge < -0.3 is 4.74 Å². The van der Waals surface area contributed by atoms with Crippen molar-refractivity contribution < 1.29 is 9.53 Å². The Morgan fingerprint density at radius 2 is 2.14 bits per heavy atom. The van der Waals surface area contributed by atoms with E-state index in [0.29, 0.717) is 12.2 Å². The molecule has 0 heterocycles. The van der Waals surface area contributed by atoms with Gasteiger partial charge in [-0.3, -0.25) is 0 Å². The summed E-state index contributed by atoms with van der Waals surface area (Å²) >= 11 is 0. The molecule has 0 aliphatic carbocycles. The Hall–Kier alpha value is -2.26. The molecule has 0 bridgehead atoms. The van der Waals surface area contributed by atoms with Crippen LogP contribution in [0.5, 0.6) is 0 Å². The van der Waals surface area contributed by atoms with Gasteiger partial charge in [-0.2, -0.15) is 0 Å². The Balaban J connectivity index is 3.00. The zero-order valence-electron chi connectivity index (χ0n) is 12.6. The number of carbonyl (C=O) groups excluding carboxylic acids is 1. The van der Waals surface area contributed by atoms with Crippen LogP contribution in [0.15, 0.2) is 35.5 Å². The van der Waals surface area contributed by atoms with Crippen molar-refractivity contribution in [2.45, 2.75) is 33.1 Å². The van der Waals surface area contributed by atoms with E-state index in [2.05, 4.69) is 23.0 Å². The van der Waals surface area contributed by atoms with Crippen molar-refractivity contribution in [3.8, 4) is 0 Å². The number of esters is 1. The van der Waals surface area contributed by atoms with Crippen molar-refractivity contribution in [1.29, 1.82) is 0 Å². The minimum atomic E-state index is -0.337. The van der Waals surface area contributed by atoms with Gasteiger partial charge in [0.25, 0.3) is 0 Å². The van der Waals surface area contributed by atoms with Gasteiger partial charge >= 0.3 is 5.97 Å². The molecule has 0 aromatic heterocycles. The standard InChI is InChI=1S/C16H21N3O2/c1-3-5-6-8-15(12-18-19-17)13-9-7-10-14(11-13)16(20)21-4-2/h7-11H,3-6,12H2,1-2H3/b15-8+. The average molecular weight is 287 g/mol. The number of allylic oxidation sites excluding steroid dienone is 1. The van der Waals surface area contributed by atoms with Gasteiger partial charge in [0.05, 0.1) is 18.7 Å². The predicted molar refractivity (Wildman–Crippen MR) is 83.9 cm³/mol. The van der Waals surface area contributed by atoms with Gasteiger partial charge in [-0.25, -0.2) is 4.79 Å². The lowest BCUT2D eigenvalue weighted by Gasteiger charge is -2.08. The lowest BCUT2D eigenvalue weighted by Crippen LogP contribution is -2.05. The summed E-state index contributed by atoms with van der Waals surface area (Å²) in [6.45, 7) is 4.54. The lowest BCUT2D eigenvalue weighted by atomic mass is 10.0. The molecule has 5 heteroatoms. The molecule has 1 aromatic rings. The van der Waals surface area contributed by atoms with Crippen LogP contribution in [-0.2, 0) is 4.74 Å². The van der Waals surface area contributed by atoms with E-state index in [-0.39, 0.29) is 12.5 Å². The molecule has 0 spiro atoms. The fraction of sp³-hybridized carbons (Fsp3) is 0.438. The van der Waals surface area contributed by atoms with E-state index >= 15 is 0 Å². The molecule has 0 radical (unpaired) electrons. The molecule has 0 atom stereocenters. The second-order valence-corrected chi connectivity index (χ2v) is 4.56. The van der Waals surface area contributed by atoms with Crippen LogP contribution in [0.4, 0.5) is 0 Å². The monoisotopic (exact) mass is 287 g/mol. The van der Waals surface area contributed by atoms with Gasteiger partial charge in [-0.1, -0.05) is 43.1 Å². The largest absolute Gasteiger partial charge is 0.462 e. The first-order valence-corrected chi connectivity index (χ1v) is 7.20. The molecule has 0 amide bonds. The van der Waals surface area contributed by atoms with Crippen molar-refractivity contribution >= 4 is 11.5 Å². The summed E-state index contributed by atoms with van der Waals surface area (Å²) in [6.07, 6.45) is 5.18. The zero-order chi connectivity index (χ0) is 15.5.